The SMILES string of the molecule is COc1ccc(NC(=O)Nc2nnc(SCC(=O)N3CCC(C)CC3)s2)cc1. The summed E-state index contributed by atoms with van der Waals surface area (Å²) in [4.78, 5) is 26.3. The van der Waals surface area contributed by atoms with Gasteiger partial charge in [0.2, 0.25) is 11.0 Å². The van der Waals surface area contributed by atoms with Gasteiger partial charge < -0.3 is 15.0 Å². The Bertz CT molecular complexity index is 804. The lowest BCUT2D eigenvalue weighted by Crippen LogP contribution is -2.38. The normalized spacial score (nSPS) is 14.6. The van der Waals surface area contributed by atoms with Crippen LogP contribution in [0.1, 0.15) is 19.8 Å². The fraction of sp³-hybridized carbons (Fsp3) is 0.444. The van der Waals surface area contributed by atoms with E-state index >= 15 is 0 Å². The van der Waals surface area contributed by atoms with Crippen LogP contribution in [0.5, 0.6) is 5.75 Å². The smallest absolute Gasteiger partial charge is 0.325 e. The zero-order chi connectivity index (χ0) is 19.9. The minimum atomic E-state index is -0.406. The Hall–Kier alpha value is -2.33. The van der Waals surface area contributed by atoms with Crippen molar-refractivity contribution in [1.82, 2.24) is 15.1 Å². The highest BCUT2D eigenvalue weighted by atomic mass is 32.2. The van der Waals surface area contributed by atoms with Crippen molar-refractivity contribution < 1.29 is 14.3 Å². The van der Waals surface area contributed by atoms with Gasteiger partial charge in [-0.3, -0.25) is 10.1 Å². The van der Waals surface area contributed by atoms with Crippen molar-refractivity contribution in [1.29, 1.82) is 0 Å². The summed E-state index contributed by atoms with van der Waals surface area (Å²) in [6.45, 7) is 3.88. The van der Waals surface area contributed by atoms with Crippen LogP contribution < -0.4 is 15.4 Å². The number of likely N-dealkylation sites (tertiary alicyclic amines) is 1. The summed E-state index contributed by atoms with van der Waals surface area (Å²) in [7, 11) is 1.58. The molecule has 3 rings (SSSR count). The van der Waals surface area contributed by atoms with Crippen LogP contribution in [0.2, 0.25) is 0 Å². The molecule has 0 saturated carbocycles. The summed E-state index contributed by atoms with van der Waals surface area (Å²) in [5, 5.41) is 13.7. The summed E-state index contributed by atoms with van der Waals surface area (Å²) >= 11 is 2.59. The number of hydrogen-bond acceptors (Lipinski definition) is 7. The first-order valence-corrected chi connectivity index (χ1v) is 10.8. The Kier molecular flexibility index (Phi) is 7.10. The molecule has 3 amide bonds. The van der Waals surface area contributed by atoms with E-state index in [0.717, 1.165) is 25.9 Å². The standard InChI is InChI=1S/C18H23N5O3S2/c1-12-7-9-23(10-8-12)15(24)11-27-18-22-21-17(28-18)20-16(25)19-13-3-5-14(26-2)6-4-13/h3-6,12H,7-11H2,1-2H3,(H2,19,20,21,25). The molecule has 0 radical (unpaired) electrons. The number of nitrogens with one attached hydrogen (secondary N) is 2. The number of piperidine rings is 1. The number of hydrogen-bond donors (Lipinski definition) is 2. The van der Waals surface area contributed by atoms with Gasteiger partial charge in [-0.25, -0.2) is 4.79 Å². The highest BCUT2D eigenvalue weighted by Crippen LogP contribution is 2.26. The lowest BCUT2D eigenvalue weighted by atomic mass is 9.99. The van der Waals surface area contributed by atoms with Crippen molar-refractivity contribution in [2.45, 2.75) is 24.1 Å². The highest BCUT2D eigenvalue weighted by molar-refractivity contribution is 8.01. The Morgan fingerprint density at radius 2 is 1.93 bits per heavy atom. The molecule has 0 unspecified atom stereocenters. The number of urea groups is 1. The Labute approximate surface area is 172 Å². The molecule has 10 heteroatoms. The van der Waals surface area contributed by atoms with Gasteiger partial charge in [0.05, 0.1) is 12.9 Å². The van der Waals surface area contributed by atoms with Gasteiger partial charge in [0.25, 0.3) is 0 Å². The molecule has 0 spiro atoms. The number of benzene rings is 1. The van der Waals surface area contributed by atoms with Crippen LogP contribution in [0.25, 0.3) is 0 Å². The average molecular weight is 422 g/mol. The fourth-order valence-corrected chi connectivity index (χ4v) is 4.37. The van der Waals surface area contributed by atoms with Gasteiger partial charge >= 0.3 is 6.03 Å². The van der Waals surface area contributed by atoms with Crippen LogP contribution in [0, 0.1) is 5.92 Å². The third-order valence-electron chi connectivity index (χ3n) is 4.43. The molecule has 0 atom stereocenters. The van der Waals surface area contributed by atoms with E-state index in [1.54, 1.807) is 31.4 Å². The monoisotopic (exact) mass is 421 g/mol. The highest BCUT2D eigenvalue weighted by Gasteiger charge is 2.20. The van der Waals surface area contributed by atoms with Gasteiger partial charge in [-0.05, 0) is 43.0 Å². The second-order valence-electron chi connectivity index (χ2n) is 6.53. The van der Waals surface area contributed by atoms with Crippen LogP contribution in [0.15, 0.2) is 28.6 Å². The number of anilines is 2. The molecule has 1 aliphatic rings. The molecular formula is C18H23N5O3S2. The number of aromatic nitrogens is 2. The molecular weight excluding hydrogens is 398 g/mol. The van der Waals surface area contributed by atoms with E-state index in [4.69, 9.17) is 4.74 Å². The summed E-state index contributed by atoms with van der Waals surface area (Å²) in [5.41, 5.74) is 0.638. The minimum absolute atomic E-state index is 0.124. The number of nitrogens with zero attached hydrogens (tertiary/aromatic N) is 3. The molecule has 2 N–H and O–H groups in total. The molecule has 8 nitrogen and oxygen atoms in total. The Balaban J connectivity index is 1.44. The quantitative estimate of drug-likeness (QED) is 0.547. The molecule has 2 heterocycles. The largest absolute Gasteiger partial charge is 0.497 e. The van der Waals surface area contributed by atoms with Gasteiger partial charge in [0.1, 0.15) is 5.75 Å². The molecule has 0 aliphatic carbocycles. The van der Waals surface area contributed by atoms with E-state index < -0.39 is 6.03 Å². The average Bonchev–Trinajstić information content (AvgIpc) is 3.14. The molecule has 1 fully saturated rings. The third-order valence-corrected chi connectivity index (χ3v) is 6.39. The van der Waals surface area contributed by atoms with Gasteiger partial charge in [0, 0.05) is 18.8 Å². The molecule has 2 aromatic rings. The van der Waals surface area contributed by atoms with E-state index in [1.807, 2.05) is 4.90 Å². The van der Waals surface area contributed by atoms with Crippen LogP contribution >= 0.6 is 23.1 Å². The first kappa shape index (κ1) is 20.4. The van der Waals surface area contributed by atoms with Crippen LogP contribution in [-0.4, -0.2) is 53.0 Å². The lowest BCUT2D eigenvalue weighted by molar-refractivity contribution is -0.129. The predicted molar refractivity (Wildman–Crippen MR) is 111 cm³/mol. The second-order valence-corrected chi connectivity index (χ2v) is 8.73. The zero-order valence-electron chi connectivity index (χ0n) is 15.8. The van der Waals surface area contributed by atoms with Crippen LogP contribution in [-0.2, 0) is 4.79 Å². The molecule has 28 heavy (non-hydrogen) atoms. The van der Waals surface area contributed by atoms with Crippen molar-refractivity contribution in [2.75, 3.05) is 36.6 Å². The molecule has 1 aromatic heterocycles. The van der Waals surface area contributed by atoms with E-state index in [-0.39, 0.29) is 5.91 Å². The third kappa shape index (κ3) is 5.83. The number of carbonyl (C=O) groups is 2. The summed E-state index contributed by atoms with van der Waals surface area (Å²) in [6, 6.07) is 6.60. The fourth-order valence-electron chi connectivity index (χ4n) is 2.73. The van der Waals surface area contributed by atoms with Crippen molar-refractivity contribution in [3.05, 3.63) is 24.3 Å². The molecule has 0 bridgehead atoms. The van der Waals surface area contributed by atoms with E-state index in [9.17, 15) is 9.59 Å². The topological polar surface area (TPSA) is 96.5 Å². The summed E-state index contributed by atoms with van der Waals surface area (Å²) in [5.74, 6) is 1.86. The summed E-state index contributed by atoms with van der Waals surface area (Å²) in [6.07, 6.45) is 2.12. The Morgan fingerprint density at radius 1 is 1.21 bits per heavy atom. The van der Waals surface area contributed by atoms with Crippen molar-refractivity contribution in [3.8, 4) is 5.75 Å². The van der Waals surface area contributed by atoms with E-state index in [1.165, 1.54) is 23.1 Å². The predicted octanol–water partition coefficient (Wildman–Crippen LogP) is 3.54. The van der Waals surface area contributed by atoms with E-state index in [2.05, 4.69) is 27.8 Å². The molecule has 1 saturated heterocycles. The van der Waals surface area contributed by atoms with Crippen LogP contribution in [0.4, 0.5) is 15.6 Å². The Morgan fingerprint density at radius 3 is 2.61 bits per heavy atom. The van der Waals surface area contributed by atoms with Crippen LogP contribution in [0.3, 0.4) is 0 Å². The maximum atomic E-state index is 12.3. The molecule has 1 aliphatic heterocycles. The maximum Gasteiger partial charge on any atom is 0.325 e. The van der Waals surface area contributed by atoms with Gasteiger partial charge in [-0.2, -0.15) is 0 Å². The van der Waals surface area contributed by atoms with Crippen molar-refractivity contribution >= 4 is 45.9 Å². The minimum Gasteiger partial charge on any atom is -0.497 e. The van der Waals surface area contributed by atoms with Crippen molar-refractivity contribution in [2.24, 2.45) is 5.92 Å². The maximum absolute atomic E-state index is 12.3. The number of thioether (sulfide) groups is 1. The van der Waals surface area contributed by atoms with Crippen molar-refractivity contribution in [3.63, 3.8) is 0 Å². The van der Waals surface area contributed by atoms with Gasteiger partial charge in [-0.15, -0.1) is 10.2 Å². The van der Waals surface area contributed by atoms with E-state index in [0.29, 0.717) is 32.6 Å². The summed E-state index contributed by atoms with van der Waals surface area (Å²) < 4.78 is 5.73. The first-order chi connectivity index (χ1) is 13.5. The zero-order valence-corrected chi connectivity index (χ0v) is 17.4. The number of carbonyl (C=O) groups excluding carboxylic acids is 2. The molecule has 1 aromatic carbocycles. The van der Waals surface area contributed by atoms with Gasteiger partial charge in [0.15, 0.2) is 4.34 Å². The molecule has 150 valence electrons. The number of methoxy groups -OCH3 is 1. The van der Waals surface area contributed by atoms with Gasteiger partial charge in [-0.1, -0.05) is 30.0 Å². The lowest BCUT2D eigenvalue weighted by Gasteiger charge is -2.30. The number of ether oxygens (including phenoxy) is 1. The number of amides is 3. The second kappa shape index (κ2) is 9.74. The first-order valence-electron chi connectivity index (χ1n) is 8.99. The number of rotatable bonds is 6.